The van der Waals surface area contributed by atoms with Gasteiger partial charge in [-0.3, -0.25) is 4.79 Å². The summed E-state index contributed by atoms with van der Waals surface area (Å²) in [6.07, 6.45) is 8.34. The molecule has 1 atom stereocenters. The molecule has 0 aromatic carbocycles. The van der Waals surface area contributed by atoms with E-state index in [9.17, 15) is 10.1 Å². The van der Waals surface area contributed by atoms with Gasteiger partial charge in [0, 0.05) is 11.9 Å². The first-order chi connectivity index (χ1) is 14.0. The number of amides is 1. The lowest BCUT2D eigenvalue weighted by molar-refractivity contribution is -0.119. The number of hydrogen-bond acceptors (Lipinski definition) is 6. The Morgan fingerprint density at radius 3 is 2.97 bits per heavy atom. The van der Waals surface area contributed by atoms with E-state index in [1.54, 1.807) is 0 Å². The van der Waals surface area contributed by atoms with Gasteiger partial charge >= 0.3 is 0 Å². The number of rotatable bonds is 6. The predicted molar refractivity (Wildman–Crippen MR) is 116 cm³/mol. The Hall–Kier alpha value is -1.85. The first kappa shape index (κ1) is 20.4. The molecule has 29 heavy (non-hydrogen) atoms. The molecular formula is C21H27N5OS2. The molecule has 2 aromatic heterocycles. The van der Waals surface area contributed by atoms with Crippen molar-refractivity contribution in [3.8, 4) is 16.8 Å². The second-order valence-corrected chi connectivity index (χ2v) is 10.3. The summed E-state index contributed by atoms with van der Waals surface area (Å²) in [5.74, 6) is 1.80. The first-order valence-electron chi connectivity index (χ1n) is 10.4. The zero-order valence-corrected chi connectivity index (χ0v) is 18.7. The van der Waals surface area contributed by atoms with Crippen molar-refractivity contribution in [2.45, 2.75) is 69.0 Å². The highest BCUT2D eigenvalue weighted by atomic mass is 32.2. The minimum absolute atomic E-state index is 0.111. The van der Waals surface area contributed by atoms with Crippen molar-refractivity contribution in [2.75, 3.05) is 5.75 Å². The van der Waals surface area contributed by atoms with Crippen molar-refractivity contribution in [2.24, 2.45) is 13.0 Å². The van der Waals surface area contributed by atoms with Gasteiger partial charge in [0.2, 0.25) is 5.91 Å². The average molecular weight is 430 g/mol. The molecule has 2 aliphatic rings. The van der Waals surface area contributed by atoms with E-state index in [2.05, 4.69) is 34.6 Å². The fraction of sp³-hybridized carbons (Fsp3) is 0.619. The zero-order chi connectivity index (χ0) is 20.4. The van der Waals surface area contributed by atoms with Gasteiger partial charge in [-0.2, -0.15) is 5.26 Å². The van der Waals surface area contributed by atoms with Crippen molar-refractivity contribution in [3.63, 3.8) is 0 Å². The summed E-state index contributed by atoms with van der Waals surface area (Å²) in [6.45, 7) is 2.27. The summed E-state index contributed by atoms with van der Waals surface area (Å²) in [4.78, 5) is 15.0. The Bertz CT molecular complexity index is 936. The SMILES string of the molecule is CC[C@@H]1CCc2sc(-c3nnc(SCC(=O)NC4(C#N)CCCC4)n3C)cc2C1. The monoisotopic (exact) mass is 429 g/mol. The Kier molecular flexibility index (Phi) is 5.98. The second kappa shape index (κ2) is 8.49. The number of carbonyl (C=O) groups is 1. The van der Waals surface area contributed by atoms with E-state index in [-0.39, 0.29) is 11.7 Å². The number of nitrogens with one attached hydrogen (secondary N) is 1. The minimum Gasteiger partial charge on any atom is -0.337 e. The summed E-state index contributed by atoms with van der Waals surface area (Å²) in [5, 5.41) is 21.8. The largest absolute Gasteiger partial charge is 0.337 e. The van der Waals surface area contributed by atoms with E-state index in [1.807, 2.05) is 23.0 Å². The van der Waals surface area contributed by atoms with Crippen molar-refractivity contribution in [3.05, 3.63) is 16.5 Å². The molecule has 0 unspecified atom stereocenters. The van der Waals surface area contributed by atoms with Gasteiger partial charge in [0.1, 0.15) is 5.54 Å². The van der Waals surface area contributed by atoms with Crippen LogP contribution in [0.25, 0.3) is 10.7 Å². The van der Waals surface area contributed by atoms with Crippen LogP contribution in [0.3, 0.4) is 0 Å². The molecule has 8 heteroatoms. The lowest BCUT2D eigenvalue weighted by Gasteiger charge is -2.21. The molecular weight excluding hydrogens is 402 g/mol. The van der Waals surface area contributed by atoms with Gasteiger partial charge in [0.25, 0.3) is 0 Å². The minimum atomic E-state index is -0.672. The number of aromatic nitrogens is 3. The fourth-order valence-electron chi connectivity index (χ4n) is 4.39. The summed E-state index contributed by atoms with van der Waals surface area (Å²) in [5.41, 5.74) is 0.799. The Balaban J connectivity index is 1.41. The average Bonchev–Trinajstić information content (AvgIpc) is 3.44. The highest BCUT2D eigenvalue weighted by Gasteiger charge is 2.35. The van der Waals surface area contributed by atoms with Crippen LogP contribution in [0.2, 0.25) is 0 Å². The summed E-state index contributed by atoms with van der Waals surface area (Å²) < 4.78 is 1.97. The molecule has 0 bridgehead atoms. The van der Waals surface area contributed by atoms with Gasteiger partial charge in [-0.15, -0.1) is 21.5 Å². The molecule has 2 aromatic rings. The molecule has 0 saturated heterocycles. The van der Waals surface area contributed by atoms with Crippen LogP contribution in [-0.4, -0.2) is 32.0 Å². The smallest absolute Gasteiger partial charge is 0.231 e. The Labute approximate surface area is 180 Å². The quantitative estimate of drug-likeness (QED) is 0.699. The number of thiophene rings is 1. The maximum atomic E-state index is 12.4. The van der Waals surface area contributed by atoms with Crippen LogP contribution in [0.4, 0.5) is 0 Å². The summed E-state index contributed by atoms with van der Waals surface area (Å²) in [7, 11) is 1.96. The van der Waals surface area contributed by atoms with Gasteiger partial charge in [0.05, 0.1) is 16.7 Å². The predicted octanol–water partition coefficient (Wildman–Crippen LogP) is 4.10. The van der Waals surface area contributed by atoms with Crippen LogP contribution in [0.5, 0.6) is 0 Å². The number of thioether (sulfide) groups is 1. The van der Waals surface area contributed by atoms with E-state index >= 15 is 0 Å². The highest BCUT2D eigenvalue weighted by Crippen LogP contribution is 2.38. The van der Waals surface area contributed by atoms with Crippen LogP contribution in [0.15, 0.2) is 11.2 Å². The molecule has 1 fully saturated rings. The normalized spacial score (nSPS) is 20.2. The summed E-state index contributed by atoms with van der Waals surface area (Å²) >= 11 is 3.20. The lowest BCUT2D eigenvalue weighted by Crippen LogP contribution is -2.45. The van der Waals surface area contributed by atoms with E-state index in [0.29, 0.717) is 0 Å². The number of nitrogens with zero attached hydrogens (tertiary/aromatic N) is 4. The molecule has 1 amide bonds. The molecule has 0 radical (unpaired) electrons. The van der Waals surface area contributed by atoms with Crippen molar-refractivity contribution in [1.29, 1.82) is 5.26 Å². The Morgan fingerprint density at radius 1 is 1.45 bits per heavy atom. The second-order valence-electron chi connectivity index (χ2n) is 8.18. The molecule has 1 saturated carbocycles. The number of fused-ring (bicyclic) bond motifs is 1. The molecule has 0 aliphatic heterocycles. The molecule has 154 valence electrons. The van der Waals surface area contributed by atoms with Crippen LogP contribution < -0.4 is 5.32 Å². The number of aryl methyl sites for hydroxylation is 1. The lowest BCUT2D eigenvalue weighted by atomic mass is 9.87. The van der Waals surface area contributed by atoms with Gasteiger partial charge < -0.3 is 9.88 Å². The third-order valence-electron chi connectivity index (χ3n) is 6.20. The molecule has 0 spiro atoms. The van der Waals surface area contributed by atoms with Gasteiger partial charge in [-0.25, -0.2) is 0 Å². The van der Waals surface area contributed by atoms with E-state index in [4.69, 9.17) is 0 Å². The number of hydrogen-bond donors (Lipinski definition) is 1. The van der Waals surface area contributed by atoms with Crippen LogP contribution in [0, 0.1) is 17.2 Å². The molecule has 2 heterocycles. The van der Waals surface area contributed by atoms with Gasteiger partial charge in [-0.1, -0.05) is 25.1 Å². The fourth-order valence-corrected chi connectivity index (χ4v) is 6.33. The topological polar surface area (TPSA) is 83.6 Å². The van der Waals surface area contributed by atoms with Crippen molar-refractivity contribution in [1.82, 2.24) is 20.1 Å². The molecule has 4 rings (SSSR count). The third kappa shape index (κ3) is 4.22. The van der Waals surface area contributed by atoms with Crippen molar-refractivity contribution < 1.29 is 4.79 Å². The first-order valence-corrected chi connectivity index (χ1v) is 12.2. The van der Waals surface area contributed by atoms with Crippen LogP contribution in [-0.2, 0) is 24.7 Å². The zero-order valence-electron chi connectivity index (χ0n) is 17.0. The standard InChI is InChI=1S/C21H27N5OS2/c1-3-14-6-7-16-15(10-14)11-17(29-16)19-24-25-20(26(19)2)28-12-18(27)23-21(13-22)8-4-5-9-21/h11,14H,3-10,12H2,1-2H3,(H,23,27)/t14-/m1/s1. The maximum absolute atomic E-state index is 12.4. The Morgan fingerprint density at radius 2 is 2.24 bits per heavy atom. The highest BCUT2D eigenvalue weighted by molar-refractivity contribution is 7.99. The van der Waals surface area contributed by atoms with Gasteiger partial charge in [-0.05, 0) is 62.5 Å². The van der Waals surface area contributed by atoms with Gasteiger partial charge in [0.15, 0.2) is 11.0 Å². The maximum Gasteiger partial charge on any atom is 0.231 e. The van der Waals surface area contributed by atoms with E-state index in [0.717, 1.165) is 47.5 Å². The number of carbonyl (C=O) groups excluding carboxylic acids is 1. The summed E-state index contributed by atoms with van der Waals surface area (Å²) in [6, 6.07) is 4.58. The third-order valence-corrected chi connectivity index (χ3v) is 8.45. The molecule has 2 aliphatic carbocycles. The molecule has 6 nitrogen and oxygen atoms in total. The van der Waals surface area contributed by atoms with Crippen LogP contribution in [0.1, 0.15) is 55.9 Å². The van der Waals surface area contributed by atoms with Crippen LogP contribution >= 0.6 is 23.1 Å². The molecule has 1 N–H and O–H groups in total. The number of nitriles is 1. The van der Waals surface area contributed by atoms with E-state index in [1.165, 1.54) is 47.9 Å². The van der Waals surface area contributed by atoms with E-state index < -0.39 is 5.54 Å². The van der Waals surface area contributed by atoms with Crippen molar-refractivity contribution >= 4 is 29.0 Å².